The van der Waals surface area contributed by atoms with Gasteiger partial charge in [0.05, 0.1) is 6.04 Å². The zero-order chi connectivity index (χ0) is 21.3. The first-order valence-electron chi connectivity index (χ1n) is 10.5. The van der Waals surface area contributed by atoms with Crippen LogP contribution in [0.1, 0.15) is 48.1 Å². The van der Waals surface area contributed by atoms with E-state index in [4.69, 9.17) is 0 Å². The van der Waals surface area contributed by atoms with Gasteiger partial charge in [-0.3, -0.25) is 9.69 Å². The Bertz CT molecular complexity index is 1100. The van der Waals surface area contributed by atoms with Gasteiger partial charge < -0.3 is 5.32 Å². The largest absolute Gasteiger partial charge is 0.351 e. The summed E-state index contributed by atoms with van der Waals surface area (Å²) in [6.07, 6.45) is 2.04. The van der Waals surface area contributed by atoms with Crippen LogP contribution in [-0.2, 0) is 4.79 Å². The lowest BCUT2D eigenvalue weighted by molar-refractivity contribution is -0.114. The fourth-order valence-corrected chi connectivity index (χ4v) is 3.91. The van der Waals surface area contributed by atoms with Crippen molar-refractivity contribution in [2.45, 2.75) is 39.7 Å². The van der Waals surface area contributed by atoms with Crippen molar-refractivity contribution in [2.24, 2.45) is 0 Å². The normalized spacial score (nSPS) is 16.2. The Morgan fingerprint density at radius 3 is 2.17 bits per heavy atom. The number of hydrogen-bond donors (Lipinski definition) is 1. The number of hydrogen-bond acceptors (Lipinski definition) is 2. The maximum Gasteiger partial charge on any atom is 0.275 e. The van der Waals surface area contributed by atoms with Crippen LogP contribution in [0.5, 0.6) is 0 Å². The Hall–Kier alpha value is -3.33. The van der Waals surface area contributed by atoms with E-state index in [1.807, 2.05) is 48.2 Å². The monoisotopic (exact) mass is 396 g/mol. The number of anilines is 2. The van der Waals surface area contributed by atoms with Gasteiger partial charge in [-0.2, -0.15) is 0 Å². The Morgan fingerprint density at radius 2 is 1.53 bits per heavy atom. The summed E-state index contributed by atoms with van der Waals surface area (Å²) < 4.78 is 0. The number of benzene rings is 3. The molecule has 3 nitrogen and oxygen atoms in total. The molecule has 4 rings (SSSR count). The zero-order valence-corrected chi connectivity index (χ0v) is 18.0. The minimum absolute atomic E-state index is 0.0138. The van der Waals surface area contributed by atoms with Crippen molar-refractivity contribution in [3.8, 4) is 0 Å². The Labute approximate surface area is 179 Å². The van der Waals surface area contributed by atoms with Crippen LogP contribution in [0.15, 0.2) is 84.6 Å². The predicted octanol–water partition coefficient (Wildman–Crippen LogP) is 6.51. The van der Waals surface area contributed by atoms with Crippen LogP contribution in [0.25, 0.3) is 0 Å². The third-order valence-electron chi connectivity index (χ3n) is 5.57. The molecule has 1 heterocycles. The molecule has 0 aliphatic carbocycles. The number of nitrogens with one attached hydrogen (secondary N) is 1. The van der Waals surface area contributed by atoms with Gasteiger partial charge in [-0.1, -0.05) is 62.4 Å². The third kappa shape index (κ3) is 4.02. The first kappa shape index (κ1) is 20.0. The minimum atomic E-state index is -0.146. The highest BCUT2D eigenvalue weighted by Crippen LogP contribution is 2.36. The van der Waals surface area contributed by atoms with Crippen molar-refractivity contribution in [2.75, 3.05) is 10.2 Å². The second kappa shape index (κ2) is 8.19. The van der Waals surface area contributed by atoms with E-state index in [1.165, 1.54) is 5.56 Å². The maximum atomic E-state index is 13.5. The lowest BCUT2D eigenvalue weighted by Gasteiger charge is -2.26. The number of carbonyl (C=O) groups is 1. The molecule has 0 saturated heterocycles. The first-order chi connectivity index (χ1) is 14.4. The smallest absolute Gasteiger partial charge is 0.275 e. The van der Waals surface area contributed by atoms with Gasteiger partial charge in [0.1, 0.15) is 5.70 Å². The van der Waals surface area contributed by atoms with Crippen molar-refractivity contribution in [1.29, 1.82) is 0 Å². The van der Waals surface area contributed by atoms with E-state index in [1.54, 1.807) is 0 Å². The molecule has 3 aromatic rings. The van der Waals surface area contributed by atoms with Crippen LogP contribution >= 0.6 is 0 Å². The molecule has 0 unspecified atom stereocenters. The van der Waals surface area contributed by atoms with Crippen LogP contribution < -0.4 is 10.2 Å². The summed E-state index contributed by atoms with van der Waals surface area (Å²) in [4.78, 5) is 15.3. The van der Waals surface area contributed by atoms with Crippen molar-refractivity contribution in [3.05, 3.63) is 107 Å². The second-order valence-electron chi connectivity index (χ2n) is 8.36. The molecule has 152 valence electrons. The van der Waals surface area contributed by atoms with Gasteiger partial charge in [0.2, 0.25) is 0 Å². The highest BCUT2D eigenvalue weighted by molar-refractivity contribution is 6.11. The molecule has 0 aromatic heterocycles. The predicted molar refractivity (Wildman–Crippen MR) is 125 cm³/mol. The van der Waals surface area contributed by atoms with Crippen molar-refractivity contribution in [3.63, 3.8) is 0 Å². The molecular formula is C27H28N2O. The molecule has 3 aromatic carbocycles. The lowest BCUT2D eigenvalue weighted by atomic mass is 9.98. The SMILES string of the molecule is Cc1cccc(NC2=C[C@@H](c3ccc(C(C)C)cc3)N(c3cccc(C)c3)C2=O)c1. The van der Waals surface area contributed by atoms with Gasteiger partial charge >= 0.3 is 0 Å². The summed E-state index contributed by atoms with van der Waals surface area (Å²) in [5.74, 6) is 0.464. The average molecular weight is 397 g/mol. The van der Waals surface area contributed by atoms with Crippen molar-refractivity contribution in [1.82, 2.24) is 0 Å². The summed E-state index contributed by atoms with van der Waals surface area (Å²) in [5, 5.41) is 3.35. The van der Waals surface area contributed by atoms with E-state index in [-0.39, 0.29) is 11.9 Å². The molecule has 1 aliphatic rings. The molecule has 0 radical (unpaired) electrons. The summed E-state index contributed by atoms with van der Waals surface area (Å²) in [7, 11) is 0. The van der Waals surface area contributed by atoms with E-state index in [9.17, 15) is 4.79 Å². The van der Waals surface area contributed by atoms with Crippen LogP contribution in [0.4, 0.5) is 11.4 Å². The van der Waals surface area contributed by atoms with E-state index in [0.29, 0.717) is 11.6 Å². The van der Waals surface area contributed by atoms with Gasteiger partial charge in [-0.25, -0.2) is 0 Å². The molecule has 1 amide bonds. The molecule has 0 fully saturated rings. The van der Waals surface area contributed by atoms with E-state index < -0.39 is 0 Å². The number of rotatable bonds is 5. The number of nitrogens with zero attached hydrogens (tertiary/aromatic N) is 1. The summed E-state index contributed by atoms with van der Waals surface area (Å²) >= 11 is 0. The molecule has 0 saturated carbocycles. The van der Waals surface area contributed by atoms with Crippen molar-refractivity contribution < 1.29 is 4.79 Å². The highest BCUT2D eigenvalue weighted by Gasteiger charge is 2.34. The van der Waals surface area contributed by atoms with Gasteiger partial charge in [0.25, 0.3) is 5.91 Å². The Morgan fingerprint density at radius 1 is 0.867 bits per heavy atom. The van der Waals surface area contributed by atoms with Gasteiger partial charge in [0.15, 0.2) is 0 Å². The van der Waals surface area contributed by atoms with E-state index in [0.717, 1.165) is 28.1 Å². The van der Waals surface area contributed by atoms with Gasteiger partial charge in [-0.05, 0) is 72.4 Å². The molecule has 0 spiro atoms. The molecule has 1 atom stereocenters. The fraction of sp³-hybridized carbons (Fsp3) is 0.222. The van der Waals surface area contributed by atoms with Crippen LogP contribution in [0, 0.1) is 13.8 Å². The van der Waals surface area contributed by atoms with Gasteiger partial charge in [-0.15, -0.1) is 0 Å². The van der Waals surface area contributed by atoms with Crippen LogP contribution in [0.2, 0.25) is 0 Å². The molecule has 1 aliphatic heterocycles. The highest BCUT2D eigenvalue weighted by atomic mass is 16.2. The fourth-order valence-electron chi connectivity index (χ4n) is 3.91. The van der Waals surface area contributed by atoms with Crippen LogP contribution in [-0.4, -0.2) is 5.91 Å². The molecular weight excluding hydrogens is 368 g/mol. The summed E-state index contributed by atoms with van der Waals surface area (Å²) in [6, 6.07) is 24.7. The summed E-state index contributed by atoms with van der Waals surface area (Å²) in [5.41, 5.74) is 7.14. The first-order valence-corrected chi connectivity index (χ1v) is 10.5. The second-order valence-corrected chi connectivity index (χ2v) is 8.36. The number of aryl methyl sites for hydroxylation is 2. The van der Waals surface area contributed by atoms with Gasteiger partial charge in [0, 0.05) is 11.4 Å². The summed E-state index contributed by atoms with van der Waals surface area (Å²) in [6.45, 7) is 8.48. The molecule has 1 N–H and O–H groups in total. The van der Waals surface area contributed by atoms with E-state index >= 15 is 0 Å². The standard InChI is InChI=1S/C27H28N2O/c1-18(2)21-11-13-22(14-12-21)26-17-25(28-23-9-5-7-19(3)15-23)27(30)29(26)24-10-6-8-20(4)16-24/h5-18,26,28H,1-4H3/t26-/m0/s1. The minimum Gasteiger partial charge on any atom is -0.351 e. The average Bonchev–Trinajstić information content (AvgIpc) is 3.04. The Kier molecular flexibility index (Phi) is 5.45. The van der Waals surface area contributed by atoms with E-state index in [2.05, 4.69) is 68.6 Å². The Balaban J connectivity index is 1.73. The van der Waals surface area contributed by atoms with Crippen molar-refractivity contribution >= 4 is 17.3 Å². The topological polar surface area (TPSA) is 32.3 Å². The molecule has 0 bridgehead atoms. The number of amides is 1. The lowest BCUT2D eigenvalue weighted by Crippen LogP contribution is -2.30. The quantitative estimate of drug-likeness (QED) is 0.533. The van der Waals surface area contributed by atoms with Crippen LogP contribution in [0.3, 0.4) is 0 Å². The molecule has 30 heavy (non-hydrogen) atoms. The maximum absolute atomic E-state index is 13.5. The molecule has 3 heteroatoms. The third-order valence-corrected chi connectivity index (χ3v) is 5.57. The number of carbonyl (C=O) groups excluding carboxylic acids is 1. The zero-order valence-electron chi connectivity index (χ0n) is 18.0.